The Balaban J connectivity index is 2.70. The molecule has 0 aliphatic heterocycles. The number of benzene rings is 2. The monoisotopic (exact) mass is 231 g/mol. The van der Waals surface area contributed by atoms with E-state index in [4.69, 9.17) is 5.73 Å². The van der Waals surface area contributed by atoms with Crippen LogP contribution in [-0.4, -0.2) is 6.54 Å². The lowest BCUT2D eigenvalue weighted by atomic mass is 9.82. The Labute approximate surface area is 101 Å². The number of hydrogen-bond donors (Lipinski definition) is 1. The van der Waals surface area contributed by atoms with E-state index in [1.165, 1.54) is 0 Å². The number of alkyl halides is 1. The Morgan fingerprint density at radius 3 is 2.41 bits per heavy atom. The Morgan fingerprint density at radius 2 is 1.76 bits per heavy atom. The van der Waals surface area contributed by atoms with Gasteiger partial charge in [-0.2, -0.15) is 0 Å². The molecule has 2 N–H and O–H groups in total. The molecule has 2 rings (SSSR count). The molecule has 2 heteroatoms. The fraction of sp³-hybridized carbons (Fsp3) is 0.333. The van der Waals surface area contributed by atoms with Crippen LogP contribution in [0.25, 0.3) is 10.8 Å². The van der Waals surface area contributed by atoms with Crippen molar-refractivity contribution in [3.05, 3.63) is 48.0 Å². The van der Waals surface area contributed by atoms with Crippen LogP contribution >= 0.6 is 0 Å². The van der Waals surface area contributed by atoms with Crippen molar-refractivity contribution in [3.63, 3.8) is 0 Å². The lowest BCUT2D eigenvalue weighted by Crippen LogP contribution is -2.35. The van der Waals surface area contributed by atoms with Crippen molar-refractivity contribution in [2.24, 2.45) is 11.7 Å². The second-order valence-corrected chi connectivity index (χ2v) is 4.75. The minimum absolute atomic E-state index is 0.0126. The molecule has 2 aromatic carbocycles. The summed E-state index contributed by atoms with van der Waals surface area (Å²) >= 11 is 0. The van der Waals surface area contributed by atoms with E-state index >= 15 is 0 Å². The Kier molecular flexibility index (Phi) is 3.16. The van der Waals surface area contributed by atoms with Gasteiger partial charge < -0.3 is 5.73 Å². The van der Waals surface area contributed by atoms with E-state index in [1.807, 2.05) is 56.3 Å². The summed E-state index contributed by atoms with van der Waals surface area (Å²) in [5.41, 5.74) is 4.90. The summed E-state index contributed by atoms with van der Waals surface area (Å²) in [6.07, 6.45) is 0. The zero-order valence-electron chi connectivity index (χ0n) is 10.3. The van der Waals surface area contributed by atoms with E-state index < -0.39 is 5.67 Å². The summed E-state index contributed by atoms with van der Waals surface area (Å²) < 4.78 is 15.0. The summed E-state index contributed by atoms with van der Waals surface area (Å²) in [5, 5.41) is 2.01. The van der Waals surface area contributed by atoms with Crippen molar-refractivity contribution < 1.29 is 4.39 Å². The molecule has 90 valence electrons. The van der Waals surface area contributed by atoms with Crippen LogP contribution in [0.5, 0.6) is 0 Å². The van der Waals surface area contributed by atoms with Crippen molar-refractivity contribution in [3.8, 4) is 0 Å². The van der Waals surface area contributed by atoms with Crippen LogP contribution in [-0.2, 0) is 5.67 Å². The number of hydrogen-bond acceptors (Lipinski definition) is 1. The highest BCUT2D eigenvalue weighted by molar-refractivity contribution is 5.86. The molecule has 0 fully saturated rings. The Morgan fingerprint density at radius 1 is 1.12 bits per heavy atom. The van der Waals surface area contributed by atoms with Gasteiger partial charge in [0.15, 0.2) is 5.67 Å². The molecule has 0 aliphatic carbocycles. The maximum Gasteiger partial charge on any atom is 0.151 e. The van der Waals surface area contributed by atoms with E-state index in [9.17, 15) is 4.39 Å². The SMILES string of the molecule is CC(C)C(F)(CN)c1cccc2ccccc12. The van der Waals surface area contributed by atoms with Crippen LogP contribution < -0.4 is 5.73 Å². The molecular formula is C15H18FN. The molecule has 0 amide bonds. The highest BCUT2D eigenvalue weighted by Crippen LogP contribution is 2.37. The second-order valence-electron chi connectivity index (χ2n) is 4.75. The van der Waals surface area contributed by atoms with Gasteiger partial charge in [-0.25, -0.2) is 4.39 Å². The zero-order chi connectivity index (χ0) is 12.5. The molecule has 0 radical (unpaired) electrons. The molecule has 0 saturated heterocycles. The van der Waals surface area contributed by atoms with Gasteiger partial charge in [0.05, 0.1) is 0 Å². The molecule has 0 heterocycles. The highest BCUT2D eigenvalue weighted by Gasteiger charge is 2.35. The quantitative estimate of drug-likeness (QED) is 0.857. The van der Waals surface area contributed by atoms with E-state index in [0.717, 1.165) is 10.8 Å². The predicted octanol–water partition coefficient (Wildman–Crippen LogP) is 3.62. The van der Waals surface area contributed by atoms with Crippen molar-refractivity contribution in [2.75, 3.05) is 6.54 Å². The second kappa shape index (κ2) is 4.46. The first-order valence-electron chi connectivity index (χ1n) is 5.97. The van der Waals surface area contributed by atoms with Crippen molar-refractivity contribution >= 4 is 10.8 Å². The summed E-state index contributed by atoms with van der Waals surface area (Å²) in [4.78, 5) is 0. The Hall–Kier alpha value is -1.41. The molecule has 1 atom stereocenters. The van der Waals surface area contributed by atoms with Gasteiger partial charge in [-0.15, -0.1) is 0 Å². The van der Waals surface area contributed by atoms with E-state index in [0.29, 0.717) is 5.56 Å². The number of halogens is 1. The molecule has 0 spiro atoms. The average molecular weight is 231 g/mol. The first-order valence-corrected chi connectivity index (χ1v) is 5.97. The molecule has 2 aromatic rings. The minimum atomic E-state index is -1.46. The third-order valence-corrected chi connectivity index (χ3v) is 3.45. The summed E-state index contributed by atoms with van der Waals surface area (Å²) in [6.45, 7) is 3.75. The van der Waals surface area contributed by atoms with Crippen molar-refractivity contribution in [1.82, 2.24) is 0 Å². The fourth-order valence-corrected chi connectivity index (χ4v) is 2.24. The van der Waals surface area contributed by atoms with Gasteiger partial charge in [-0.1, -0.05) is 56.3 Å². The topological polar surface area (TPSA) is 26.0 Å². The van der Waals surface area contributed by atoms with Crippen molar-refractivity contribution in [2.45, 2.75) is 19.5 Å². The molecular weight excluding hydrogens is 213 g/mol. The standard InChI is InChI=1S/C15H18FN/c1-11(2)15(16,10-17)14-9-5-7-12-6-3-4-8-13(12)14/h3-9,11H,10,17H2,1-2H3. The molecule has 0 aliphatic rings. The third-order valence-electron chi connectivity index (χ3n) is 3.45. The summed E-state index contributed by atoms with van der Waals surface area (Å²) in [6, 6.07) is 13.6. The fourth-order valence-electron chi connectivity index (χ4n) is 2.24. The molecule has 1 unspecified atom stereocenters. The first-order chi connectivity index (χ1) is 8.09. The molecule has 0 saturated carbocycles. The number of rotatable bonds is 3. The largest absolute Gasteiger partial charge is 0.327 e. The average Bonchev–Trinajstić information content (AvgIpc) is 2.37. The van der Waals surface area contributed by atoms with E-state index in [1.54, 1.807) is 0 Å². The van der Waals surface area contributed by atoms with Gasteiger partial charge in [-0.3, -0.25) is 0 Å². The Bertz CT molecular complexity index is 516. The van der Waals surface area contributed by atoms with E-state index in [-0.39, 0.29) is 12.5 Å². The number of nitrogens with two attached hydrogens (primary N) is 1. The lowest BCUT2D eigenvalue weighted by Gasteiger charge is -2.29. The van der Waals surface area contributed by atoms with E-state index in [2.05, 4.69) is 0 Å². The van der Waals surface area contributed by atoms with Gasteiger partial charge in [0.25, 0.3) is 0 Å². The molecule has 1 nitrogen and oxygen atoms in total. The van der Waals surface area contributed by atoms with Crippen LogP contribution in [0.3, 0.4) is 0 Å². The van der Waals surface area contributed by atoms with Gasteiger partial charge in [0, 0.05) is 6.54 Å². The van der Waals surface area contributed by atoms with Gasteiger partial charge in [-0.05, 0) is 22.3 Å². The van der Waals surface area contributed by atoms with Crippen LogP contribution in [0.15, 0.2) is 42.5 Å². The molecule has 17 heavy (non-hydrogen) atoms. The molecule has 0 aromatic heterocycles. The first kappa shape index (κ1) is 12.1. The van der Waals surface area contributed by atoms with Gasteiger partial charge in [0.2, 0.25) is 0 Å². The van der Waals surface area contributed by atoms with Crippen molar-refractivity contribution in [1.29, 1.82) is 0 Å². The third kappa shape index (κ3) is 1.93. The molecule has 0 bridgehead atoms. The van der Waals surface area contributed by atoms with Crippen LogP contribution in [0, 0.1) is 5.92 Å². The number of fused-ring (bicyclic) bond motifs is 1. The van der Waals surface area contributed by atoms with Gasteiger partial charge in [0.1, 0.15) is 0 Å². The van der Waals surface area contributed by atoms with Crippen LogP contribution in [0.2, 0.25) is 0 Å². The minimum Gasteiger partial charge on any atom is -0.327 e. The highest BCUT2D eigenvalue weighted by atomic mass is 19.1. The zero-order valence-corrected chi connectivity index (χ0v) is 10.3. The predicted molar refractivity (Wildman–Crippen MR) is 70.6 cm³/mol. The summed E-state index contributed by atoms with van der Waals surface area (Å²) in [5.74, 6) is -0.140. The lowest BCUT2D eigenvalue weighted by molar-refractivity contribution is 0.111. The smallest absolute Gasteiger partial charge is 0.151 e. The van der Waals surface area contributed by atoms with Crippen LogP contribution in [0.4, 0.5) is 4.39 Å². The normalized spacial score (nSPS) is 15.1. The van der Waals surface area contributed by atoms with Crippen LogP contribution in [0.1, 0.15) is 19.4 Å². The van der Waals surface area contributed by atoms with Gasteiger partial charge >= 0.3 is 0 Å². The maximum absolute atomic E-state index is 15.0. The summed E-state index contributed by atoms with van der Waals surface area (Å²) in [7, 11) is 0. The maximum atomic E-state index is 15.0.